The summed E-state index contributed by atoms with van der Waals surface area (Å²) in [6.07, 6.45) is 6.84. The minimum absolute atomic E-state index is 0.184. The summed E-state index contributed by atoms with van der Waals surface area (Å²) in [5, 5.41) is 0. The Morgan fingerprint density at radius 1 is 1.29 bits per heavy atom. The van der Waals surface area contributed by atoms with Crippen LogP contribution in [0.1, 0.15) is 32.8 Å². The third kappa shape index (κ3) is 3.09. The standard InChI is InChI=1S/C17H22N2O2/c1-17(2,3)21-16(20)19-10-14-8-13(9-15(14)11-19)12-4-6-18-7-5-12/h4-8,14-15H,9-11H2,1-3H3/t14-,15+/m1/s1. The molecule has 1 aliphatic heterocycles. The van der Waals surface area contributed by atoms with Gasteiger partial charge in [-0.1, -0.05) is 6.08 Å². The van der Waals surface area contributed by atoms with E-state index in [-0.39, 0.29) is 6.09 Å². The number of hydrogen-bond acceptors (Lipinski definition) is 3. The number of hydrogen-bond donors (Lipinski definition) is 0. The van der Waals surface area contributed by atoms with Gasteiger partial charge in [0.25, 0.3) is 0 Å². The van der Waals surface area contributed by atoms with Crippen molar-refractivity contribution < 1.29 is 9.53 Å². The van der Waals surface area contributed by atoms with Crippen molar-refractivity contribution in [3.8, 4) is 0 Å². The van der Waals surface area contributed by atoms with E-state index in [1.165, 1.54) is 11.1 Å². The predicted molar refractivity (Wildman–Crippen MR) is 81.6 cm³/mol. The highest BCUT2D eigenvalue weighted by Crippen LogP contribution is 2.41. The van der Waals surface area contributed by atoms with Gasteiger partial charge in [-0.2, -0.15) is 0 Å². The first-order valence-electron chi connectivity index (χ1n) is 7.51. The highest BCUT2D eigenvalue weighted by atomic mass is 16.6. The zero-order chi connectivity index (χ0) is 15.0. The van der Waals surface area contributed by atoms with Gasteiger partial charge < -0.3 is 9.64 Å². The molecule has 2 heterocycles. The van der Waals surface area contributed by atoms with Gasteiger partial charge in [0, 0.05) is 25.5 Å². The molecule has 2 atom stereocenters. The van der Waals surface area contributed by atoms with Crippen molar-refractivity contribution in [2.45, 2.75) is 32.8 Å². The molecule has 0 N–H and O–H groups in total. The van der Waals surface area contributed by atoms with E-state index < -0.39 is 5.60 Å². The fourth-order valence-corrected chi connectivity index (χ4v) is 3.17. The quantitative estimate of drug-likeness (QED) is 0.795. The van der Waals surface area contributed by atoms with E-state index >= 15 is 0 Å². The Balaban J connectivity index is 1.65. The van der Waals surface area contributed by atoms with Gasteiger partial charge in [-0.05, 0) is 62.3 Å². The molecule has 4 nitrogen and oxygen atoms in total. The number of amides is 1. The Labute approximate surface area is 125 Å². The summed E-state index contributed by atoms with van der Waals surface area (Å²) >= 11 is 0. The van der Waals surface area contributed by atoms with E-state index in [4.69, 9.17) is 4.74 Å². The van der Waals surface area contributed by atoms with Gasteiger partial charge in [-0.3, -0.25) is 4.98 Å². The first-order valence-corrected chi connectivity index (χ1v) is 7.51. The number of pyridine rings is 1. The summed E-state index contributed by atoms with van der Waals surface area (Å²) in [6.45, 7) is 7.29. The molecule has 1 aromatic rings. The van der Waals surface area contributed by atoms with Crippen LogP contribution in [0.3, 0.4) is 0 Å². The average molecular weight is 286 g/mol. The molecule has 1 amide bonds. The molecule has 21 heavy (non-hydrogen) atoms. The highest BCUT2D eigenvalue weighted by Gasteiger charge is 2.39. The van der Waals surface area contributed by atoms with Crippen LogP contribution in [0.2, 0.25) is 0 Å². The van der Waals surface area contributed by atoms with Crippen LogP contribution in [-0.2, 0) is 4.74 Å². The van der Waals surface area contributed by atoms with Gasteiger partial charge in [-0.15, -0.1) is 0 Å². The Kier molecular flexibility index (Phi) is 3.47. The lowest BCUT2D eigenvalue weighted by molar-refractivity contribution is 0.0285. The molecule has 0 bridgehead atoms. The molecule has 4 heteroatoms. The second-order valence-corrected chi connectivity index (χ2v) is 6.94. The first kappa shape index (κ1) is 14.1. The van der Waals surface area contributed by atoms with Crippen molar-refractivity contribution in [1.82, 2.24) is 9.88 Å². The fourth-order valence-electron chi connectivity index (χ4n) is 3.17. The summed E-state index contributed by atoms with van der Waals surface area (Å²) < 4.78 is 5.46. The van der Waals surface area contributed by atoms with Crippen LogP contribution in [0.25, 0.3) is 5.57 Å². The third-order valence-electron chi connectivity index (χ3n) is 4.09. The molecule has 1 fully saturated rings. The minimum atomic E-state index is -0.424. The molecule has 1 aromatic heterocycles. The predicted octanol–water partition coefficient (Wildman–Crippen LogP) is 3.35. The van der Waals surface area contributed by atoms with Crippen molar-refractivity contribution in [3.05, 3.63) is 36.2 Å². The number of nitrogens with zero attached hydrogens (tertiary/aromatic N) is 2. The second-order valence-electron chi connectivity index (χ2n) is 6.94. The van der Waals surface area contributed by atoms with E-state index in [1.54, 1.807) is 0 Å². The molecule has 0 unspecified atom stereocenters. The lowest BCUT2D eigenvalue weighted by Crippen LogP contribution is -2.35. The van der Waals surface area contributed by atoms with Crippen LogP contribution < -0.4 is 0 Å². The second kappa shape index (κ2) is 5.17. The number of carbonyl (C=O) groups excluding carboxylic acids is 1. The van der Waals surface area contributed by atoms with E-state index in [0.717, 1.165) is 19.5 Å². The molecule has 1 saturated heterocycles. The molecule has 112 valence electrons. The van der Waals surface area contributed by atoms with Gasteiger partial charge in [0.15, 0.2) is 0 Å². The summed E-state index contributed by atoms with van der Waals surface area (Å²) in [7, 11) is 0. The number of ether oxygens (including phenoxy) is 1. The Bertz CT molecular complexity index is 560. The van der Waals surface area contributed by atoms with Crippen LogP contribution in [0.4, 0.5) is 4.79 Å². The van der Waals surface area contributed by atoms with Gasteiger partial charge >= 0.3 is 6.09 Å². The number of carbonyl (C=O) groups is 1. The van der Waals surface area contributed by atoms with Crippen molar-refractivity contribution in [3.63, 3.8) is 0 Å². The molecular weight excluding hydrogens is 264 g/mol. The fraction of sp³-hybridized carbons (Fsp3) is 0.529. The Morgan fingerprint density at radius 3 is 2.62 bits per heavy atom. The average Bonchev–Trinajstić information content (AvgIpc) is 2.95. The smallest absolute Gasteiger partial charge is 0.410 e. The van der Waals surface area contributed by atoms with E-state index in [1.807, 2.05) is 38.1 Å². The molecule has 0 saturated carbocycles. The summed E-state index contributed by atoms with van der Waals surface area (Å²) in [4.78, 5) is 18.0. The molecule has 3 rings (SSSR count). The summed E-state index contributed by atoms with van der Waals surface area (Å²) in [5.41, 5.74) is 2.21. The number of rotatable bonds is 1. The van der Waals surface area contributed by atoms with Crippen molar-refractivity contribution in [2.24, 2.45) is 11.8 Å². The molecule has 0 spiro atoms. The SMILES string of the molecule is CC(C)(C)OC(=O)N1C[C@@H]2CC(c3ccncc3)=C[C@@H]2C1. The number of likely N-dealkylation sites (tertiary alicyclic amines) is 1. The molecule has 1 aliphatic carbocycles. The van der Waals surface area contributed by atoms with Gasteiger partial charge in [0.05, 0.1) is 0 Å². The van der Waals surface area contributed by atoms with Crippen molar-refractivity contribution in [2.75, 3.05) is 13.1 Å². The minimum Gasteiger partial charge on any atom is -0.444 e. The lowest BCUT2D eigenvalue weighted by atomic mass is 9.99. The van der Waals surface area contributed by atoms with Gasteiger partial charge in [0.2, 0.25) is 0 Å². The van der Waals surface area contributed by atoms with Crippen LogP contribution in [0.15, 0.2) is 30.6 Å². The van der Waals surface area contributed by atoms with Gasteiger partial charge in [0.1, 0.15) is 5.60 Å². The molecule has 2 aliphatic rings. The Morgan fingerprint density at radius 2 is 2.00 bits per heavy atom. The molecule has 0 radical (unpaired) electrons. The normalized spacial score (nSPS) is 24.7. The number of aromatic nitrogens is 1. The van der Waals surface area contributed by atoms with Crippen LogP contribution in [-0.4, -0.2) is 34.7 Å². The maximum atomic E-state index is 12.1. The summed E-state index contributed by atoms with van der Waals surface area (Å²) in [5.74, 6) is 0.987. The third-order valence-corrected chi connectivity index (χ3v) is 4.09. The lowest BCUT2D eigenvalue weighted by Gasteiger charge is -2.24. The topological polar surface area (TPSA) is 42.4 Å². The maximum Gasteiger partial charge on any atom is 0.410 e. The number of fused-ring (bicyclic) bond motifs is 1. The van der Waals surface area contributed by atoms with Crippen molar-refractivity contribution in [1.29, 1.82) is 0 Å². The van der Waals surface area contributed by atoms with Crippen molar-refractivity contribution >= 4 is 11.7 Å². The molecule has 0 aromatic carbocycles. The Hall–Kier alpha value is -1.84. The van der Waals surface area contributed by atoms with E-state index in [2.05, 4.69) is 23.2 Å². The monoisotopic (exact) mass is 286 g/mol. The number of allylic oxidation sites excluding steroid dienone is 1. The summed E-state index contributed by atoms with van der Waals surface area (Å²) in [6, 6.07) is 4.11. The zero-order valence-electron chi connectivity index (χ0n) is 12.9. The van der Waals surface area contributed by atoms with Crippen LogP contribution in [0, 0.1) is 11.8 Å². The maximum absolute atomic E-state index is 12.1. The highest BCUT2D eigenvalue weighted by molar-refractivity contribution is 5.71. The first-order chi connectivity index (χ1) is 9.92. The molecular formula is C17H22N2O2. The zero-order valence-corrected chi connectivity index (χ0v) is 12.9. The van der Waals surface area contributed by atoms with Gasteiger partial charge in [-0.25, -0.2) is 4.79 Å². The van der Waals surface area contributed by atoms with E-state index in [9.17, 15) is 4.79 Å². The van der Waals surface area contributed by atoms with Crippen LogP contribution >= 0.6 is 0 Å². The van der Waals surface area contributed by atoms with Crippen LogP contribution in [0.5, 0.6) is 0 Å². The van der Waals surface area contributed by atoms with E-state index in [0.29, 0.717) is 11.8 Å². The largest absolute Gasteiger partial charge is 0.444 e.